The maximum Gasteiger partial charge on any atom is 0.318 e. The third-order valence-electron chi connectivity index (χ3n) is 8.34. The van der Waals surface area contributed by atoms with Crippen LogP contribution in [-0.2, 0) is 4.79 Å². The van der Waals surface area contributed by atoms with Gasteiger partial charge >= 0.3 is 6.03 Å². The van der Waals surface area contributed by atoms with Gasteiger partial charge in [0.25, 0.3) is 0 Å². The minimum atomic E-state index is -0.108. The molecule has 196 valence electrons. The molecule has 3 aliphatic rings. The third-order valence-corrected chi connectivity index (χ3v) is 9.24. The molecule has 1 atom stereocenters. The second-order valence-corrected chi connectivity index (χ2v) is 11.6. The number of urea groups is 1. The molecule has 0 radical (unpaired) electrons. The molecule has 3 saturated heterocycles. The van der Waals surface area contributed by atoms with E-state index in [4.69, 9.17) is 6.42 Å². The highest BCUT2D eigenvalue weighted by Gasteiger charge is 2.54. The number of rotatable bonds is 7. The Morgan fingerprint density at radius 3 is 2.49 bits per heavy atom. The molecule has 3 fully saturated rings. The van der Waals surface area contributed by atoms with Crippen LogP contribution in [0.4, 0.5) is 4.79 Å². The first-order chi connectivity index (χ1) is 17.9. The van der Waals surface area contributed by atoms with Crippen LogP contribution in [0.3, 0.4) is 0 Å². The van der Waals surface area contributed by atoms with E-state index in [-0.39, 0.29) is 23.9 Å². The molecule has 3 heterocycles. The number of carbonyl (C=O) groups excluding carboxylic acids is 2. The Bertz CT molecular complexity index is 1170. The highest BCUT2D eigenvalue weighted by atomic mass is 32.2. The zero-order chi connectivity index (χ0) is 26.0. The van der Waals surface area contributed by atoms with Crippen LogP contribution in [-0.4, -0.2) is 95.6 Å². The standard InChI is InChI=1S/C29H37N5O2S/c1-4-14-30-28(36)33-20-29(21-33)18-32(19-29)27(35)17-34(37-3)24-12-15-31(16-13-24)22(2)25-11-7-9-23-8-5-6-10-26(23)25/h1,5-11,22,24H,12-21H2,2-3H3,(H,30,36). The molecule has 1 unspecified atom stereocenters. The van der Waals surface area contributed by atoms with Crippen molar-refractivity contribution in [1.29, 1.82) is 0 Å². The minimum Gasteiger partial charge on any atom is -0.340 e. The maximum atomic E-state index is 13.0. The maximum absolute atomic E-state index is 13.0. The monoisotopic (exact) mass is 519 g/mol. The molecule has 0 aromatic heterocycles. The number of hydrogen-bond donors (Lipinski definition) is 1. The summed E-state index contributed by atoms with van der Waals surface area (Å²) in [7, 11) is 0. The van der Waals surface area contributed by atoms with E-state index < -0.39 is 0 Å². The Balaban J connectivity index is 1.09. The third kappa shape index (κ3) is 5.31. The second-order valence-electron chi connectivity index (χ2n) is 10.7. The molecule has 8 heteroatoms. The molecule has 1 N–H and O–H groups in total. The average Bonchev–Trinajstić information content (AvgIpc) is 2.88. The number of nitrogens with one attached hydrogen (secondary N) is 1. The molecule has 2 aromatic carbocycles. The summed E-state index contributed by atoms with van der Waals surface area (Å²) >= 11 is 1.69. The van der Waals surface area contributed by atoms with Crippen molar-refractivity contribution in [3.8, 4) is 12.3 Å². The van der Waals surface area contributed by atoms with Crippen LogP contribution < -0.4 is 5.32 Å². The SMILES string of the molecule is C#CCNC(=O)N1CC2(CN(C(=O)CN(SC)C3CCN(C(C)c4cccc5ccccc45)CC3)C2)C1. The number of carbonyl (C=O) groups is 2. The number of likely N-dealkylation sites (tertiary alicyclic amines) is 3. The number of piperidine rings is 1. The number of benzene rings is 2. The Morgan fingerprint density at radius 1 is 1.11 bits per heavy atom. The predicted molar refractivity (Wildman–Crippen MR) is 150 cm³/mol. The molecular weight excluding hydrogens is 482 g/mol. The van der Waals surface area contributed by atoms with Crippen molar-refractivity contribution in [2.75, 3.05) is 58.6 Å². The first kappa shape index (κ1) is 25.9. The summed E-state index contributed by atoms with van der Waals surface area (Å²) in [4.78, 5) is 31.4. The van der Waals surface area contributed by atoms with E-state index in [1.165, 1.54) is 16.3 Å². The zero-order valence-corrected chi connectivity index (χ0v) is 22.7. The van der Waals surface area contributed by atoms with E-state index in [1.807, 2.05) is 4.90 Å². The van der Waals surface area contributed by atoms with Gasteiger partial charge in [-0.25, -0.2) is 9.10 Å². The van der Waals surface area contributed by atoms with Gasteiger partial charge in [-0.1, -0.05) is 60.3 Å². The molecular formula is C29H37N5O2S. The van der Waals surface area contributed by atoms with E-state index in [9.17, 15) is 9.59 Å². The van der Waals surface area contributed by atoms with Gasteiger partial charge in [-0.15, -0.1) is 6.42 Å². The lowest BCUT2D eigenvalue weighted by Crippen LogP contribution is -2.74. The predicted octanol–water partition coefficient (Wildman–Crippen LogP) is 3.43. The molecule has 37 heavy (non-hydrogen) atoms. The summed E-state index contributed by atoms with van der Waals surface area (Å²) in [6.45, 7) is 7.97. The summed E-state index contributed by atoms with van der Waals surface area (Å²) in [5.74, 6) is 2.62. The van der Waals surface area contributed by atoms with E-state index in [1.54, 1.807) is 16.8 Å². The molecule has 3 amide bonds. The fraction of sp³-hybridized carbons (Fsp3) is 0.517. The van der Waals surface area contributed by atoms with Crippen molar-refractivity contribution in [3.05, 3.63) is 48.0 Å². The van der Waals surface area contributed by atoms with Crippen molar-refractivity contribution < 1.29 is 9.59 Å². The van der Waals surface area contributed by atoms with Gasteiger partial charge < -0.3 is 15.1 Å². The molecule has 2 aromatic rings. The topological polar surface area (TPSA) is 59.1 Å². The lowest BCUT2D eigenvalue weighted by Gasteiger charge is -2.60. The van der Waals surface area contributed by atoms with Gasteiger partial charge in [0.1, 0.15) is 0 Å². The van der Waals surface area contributed by atoms with Crippen LogP contribution in [0.5, 0.6) is 0 Å². The van der Waals surface area contributed by atoms with E-state index in [2.05, 4.69) is 76.1 Å². The van der Waals surface area contributed by atoms with Gasteiger partial charge in [0.15, 0.2) is 0 Å². The molecule has 1 spiro atoms. The summed E-state index contributed by atoms with van der Waals surface area (Å²) in [5.41, 5.74) is 1.47. The Kier molecular flexibility index (Phi) is 7.66. The van der Waals surface area contributed by atoms with Crippen LogP contribution in [0.2, 0.25) is 0 Å². The van der Waals surface area contributed by atoms with Crippen LogP contribution in [0.25, 0.3) is 10.8 Å². The largest absolute Gasteiger partial charge is 0.340 e. The number of terminal acetylenes is 1. The molecule has 7 nitrogen and oxygen atoms in total. The van der Waals surface area contributed by atoms with Gasteiger partial charge in [0.05, 0.1) is 13.1 Å². The lowest BCUT2D eigenvalue weighted by atomic mass is 9.73. The summed E-state index contributed by atoms with van der Waals surface area (Å²) < 4.78 is 2.29. The van der Waals surface area contributed by atoms with Crippen LogP contribution in [0.1, 0.15) is 31.4 Å². The number of nitrogens with zero attached hydrogens (tertiary/aromatic N) is 4. The first-order valence-electron chi connectivity index (χ1n) is 13.2. The van der Waals surface area contributed by atoms with Gasteiger partial charge in [-0.2, -0.15) is 0 Å². The van der Waals surface area contributed by atoms with E-state index >= 15 is 0 Å². The van der Waals surface area contributed by atoms with Gasteiger partial charge in [-0.3, -0.25) is 9.69 Å². The van der Waals surface area contributed by atoms with E-state index in [0.717, 1.165) is 39.0 Å². The van der Waals surface area contributed by atoms with Gasteiger partial charge in [0, 0.05) is 56.8 Å². The Labute approximate surface area is 224 Å². The second kappa shape index (κ2) is 10.9. The van der Waals surface area contributed by atoms with Crippen LogP contribution >= 0.6 is 11.9 Å². The smallest absolute Gasteiger partial charge is 0.318 e. The van der Waals surface area contributed by atoms with Crippen LogP contribution in [0.15, 0.2) is 42.5 Å². The summed E-state index contributed by atoms with van der Waals surface area (Å²) in [5, 5.41) is 5.34. The van der Waals surface area contributed by atoms with Crippen molar-refractivity contribution in [2.24, 2.45) is 5.41 Å². The molecule has 0 saturated carbocycles. The molecule has 0 aliphatic carbocycles. The van der Waals surface area contributed by atoms with Crippen molar-refractivity contribution >= 4 is 34.7 Å². The first-order valence-corrected chi connectivity index (χ1v) is 14.4. The van der Waals surface area contributed by atoms with Crippen molar-refractivity contribution in [1.82, 2.24) is 24.3 Å². The Morgan fingerprint density at radius 2 is 1.78 bits per heavy atom. The van der Waals surface area contributed by atoms with Crippen molar-refractivity contribution in [3.63, 3.8) is 0 Å². The normalized spacial score (nSPS) is 20.4. The minimum absolute atomic E-state index is 0.0798. The highest BCUT2D eigenvalue weighted by Crippen LogP contribution is 2.40. The van der Waals surface area contributed by atoms with Gasteiger partial charge in [0.2, 0.25) is 5.91 Å². The number of fused-ring (bicyclic) bond motifs is 1. The molecule has 5 rings (SSSR count). The fourth-order valence-electron chi connectivity index (χ4n) is 6.23. The van der Waals surface area contributed by atoms with Gasteiger partial charge in [-0.05, 0) is 42.4 Å². The fourth-order valence-corrected chi connectivity index (χ4v) is 6.98. The lowest BCUT2D eigenvalue weighted by molar-refractivity contribution is -0.154. The quantitative estimate of drug-likeness (QED) is 0.449. The highest BCUT2D eigenvalue weighted by molar-refractivity contribution is 7.96. The number of amides is 3. The summed E-state index contributed by atoms with van der Waals surface area (Å²) in [6.07, 6.45) is 9.42. The number of hydrogen-bond acceptors (Lipinski definition) is 5. The van der Waals surface area contributed by atoms with E-state index in [0.29, 0.717) is 31.7 Å². The average molecular weight is 520 g/mol. The Hall–Kier alpha value is -2.73. The zero-order valence-electron chi connectivity index (χ0n) is 21.9. The molecule has 3 aliphatic heterocycles. The van der Waals surface area contributed by atoms with Crippen molar-refractivity contribution in [2.45, 2.75) is 31.8 Å². The molecule has 0 bridgehead atoms. The van der Waals surface area contributed by atoms with Crippen LogP contribution in [0, 0.1) is 17.8 Å². The summed E-state index contributed by atoms with van der Waals surface area (Å²) in [6, 6.07) is 15.9.